The van der Waals surface area contributed by atoms with E-state index in [0.717, 1.165) is 24.9 Å². The highest BCUT2D eigenvalue weighted by Gasteiger charge is 2.32. The fraction of sp³-hybridized carbons (Fsp3) is 0.211. The van der Waals surface area contributed by atoms with E-state index in [1.165, 1.54) is 23.9 Å². The molecular weight excluding hydrogens is 356 g/mol. The van der Waals surface area contributed by atoms with Crippen LogP contribution >= 0.6 is 11.6 Å². The Bertz CT molecular complexity index is 973. The van der Waals surface area contributed by atoms with Crippen LogP contribution in [0.3, 0.4) is 0 Å². The summed E-state index contributed by atoms with van der Waals surface area (Å²) in [6.45, 7) is 2.15. The Balaban J connectivity index is 2.09. The van der Waals surface area contributed by atoms with Crippen molar-refractivity contribution >= 4 is 32.8 Å². The van der Waals surface area contributed by atoms with E-state index in [1.54, 1.807) is 17.0 Å². The van der Waals surface area contributed by atoms with Crippen molar-refractivity contribution in [1.82, 2.24) is 0 Å². The highest BCUT2D eigenvalue weighted by Crippen LogP contribution is 2.40. The maximum absolute atomic E-state index is 12.5. The number of anilines is 2. The van der Waals surface area contributed by atoms with E-state index >= 15 is 0 Å². The van der Waals surface area contributed by atoms with Gasteiger partial charge in [-0.05, 0) is 48.7 Å². The summed E-state index contributed by atoms with van der Waals surface area (Å²) in [5.74, 6) is 0. The van der Waals surface area contributed by atoms with E-state index in [0.29, 0.717) is 10.7 Å². The van der Waals surface area contributed by atoms with Crippen LogP contribution in [0.4, 0.5) is 11.4 Å². The van der Waals surface area contributed by atoms with E-state index in [2.05, 4.69) is 6.92 Å². The number of sulfone groups is 1. The SMILES string of the molecule is CCCCc1ccc(N2C=C(C#N)S(=O)(=O)c3ccc(Cl)cc32)cc1. The summed E-state index contributed by atoms with van der Waals surface area (Å²) in [7, 11) is -3.81. The first-order valence-electron chi connectivity index (χ1n) is 8.02. The monoisotopic (exact) mass is 372 g/mol. The lowest BCUT2D eigenvalue weighted by atomic mass is 10.1. The minimum Gasteiger partial charge on any atom is -0.314 e. The molecule has 0 saturated carbocycles. The Kier molecular flexibility index (Phi) is 4.85. The predicted octanol–water partition coefficient (Wildman–Crippen LogP) is 4.97. The van der Waals surface area contributed by atoms with Gasteiger partial charge in [0.15, 0.2) is 4.91 Å². The minimum atomic E-state index is -3.81. The molecule has 0 amide bonds. The smallest absolute Gasteiger partial charge is 0.220 e. The van der Waals surface area contributed by atoms with Crippen molar-refractivity contribution in [2.45, 2.75) is 31.1 Å². The van der Waals surface area contributed by atoms with Gasteiger partial charge in [-0.15, -0.1) is 0 Å². The highest BCUT2D eigenvalue weighted by atomic mass is 35.5. The molecule has 0 bridgehead atoms. The van der Waals surface area contributed by atoms with E-state index < -0.39 is 9.84 Å². The fourth-order valence-corrected chi connectivity index (χ4v) is 4.23. The first kappa shape index (κ1) is 17.5. The van der Waals surface area contributed by atoms with Crippen LogP contribution in [0.25, 0.3) is 0 Å². The van der Waals surface area contributed by atoms with Gasteiger partial charge in [0.05, 0.1) is 10.6 Å². The molecule has 0 aromatic heterocycles. The quantitative estimate of drug-likeness (QED) is 0.759. The summed E-state index contributed by atoms with van der Waals surface area (Å²) < 4.78 is 25.1. The molecule has 0 radical (unpaired) electrons. The molecule has 128 valence electrons. The number of rotatable bonds is 4. The molecule has 1 heterocycles. The van der Waals surface area contributed by atoms with Crippen LogP contribution in [0.2, 0.25) is 5.02 Å². The third-order valence-electron chi connectivity index (χ3n) is 4.15. The van der Waals surface area contributed by atoms with Crippen LogP contribution in [0.5, 0.6) is 0 Å². The summed E-state index contributed by atoms with van der Waals surface area (Å²) >= 11 is 6.07. The molecule has 0 saturated heterocycles. The Morgan fingerprint density at radius 3 is 2.52 bits per heavy atom. The predicted molar refractivity (Wildman–Crippen MR) is 99.5 cm³/mol. The van der Waals surface area contributed by atoms with Crippen LogP contribution in [0.1, 0.15) is 25.3 Å². The Hall–Kier alpha value is -2.29. The molecule has 0 N–H and O–H groups in total. The second-order valence-electron chi connectivity index (χ2n) is 5.86. The lowest BCUT2D eigenvalue weighted by molar-refractivity contribution is 0.602. The van der Waals surface area contributed by atoms with Gasteiger partial charge in [0.1, 0.15) is 6.07 Å². The second-order valence-corrected chi connectivity index (χ2v) is 8.18. The van der Waals surface area contributed by atoms with Gasteiger partial charge in [0.25, 0.3) is 0 Å². The third-order valence-corrected chi connectivity index (χ3v) is 6.08. The molecular formula is C19H17ClN2O2S. The Morgan fingerprint density at radius 2 is 1.88 bits per heavy atom. The molecule has 6 heteroatoms. The van der Waals surface area contributed by atoms with E-state index in [1.807, 2.05) is 24.3 Å². The van der Waals surface area contributed by atoms with Gasteiger partial charge >= 0.3 is 0 Å². The topological polar surface area (TPSA) is 61.2 Å². The lowest BCUT2D eigenvalue weighted by Gasteiger charge is -2.27. The standard InChI is InChI=1S/C19H17ClN2O2S/c1-2-3-4-14-5-8-16(9-6-14)22-13-17(12-21)25(23,24)19-10-7-15(20)11-18(19)22/h5-11,13H,2-4H2,1H3. The van der Waals surface area contributed by atoms with E-state index in [-0.39, 0.29) is 9.80 Å². The van der Waals surface area contributed by atoms with Crippen LogP contribution in [0.15, 0.2) is 58.5 Å². The summed E-state index contributed by atoms with van der Waals surface area (Å²) in [6.07, 6.45) is 4.62. The number of allylic oxidation sites excluding steroid dienone is 1. The van der Waals surface area contributed by atoms with Crippen molar-refractivity contribution in [3.8, 4) is 6.07 Å². The van der Waals surface area contributed by atoms with Crippen molar-refractivity contribution in [1.29, 1.82) is 5.26 Å². The number of hydrogen-bond donors (Lipinski definition) is 0. The van der Waals surface area contributed by atoms with Gasteiger partial charge in [-0.25, -0.2) is 8.42 Å². The maximum Gasteiger partial charge on any atom is 0.220 e. The number of hydrogen-bond acceptors (Lipinski definition) is 4. The maximum atomic E-state index is 12.5. The number of nitriles is 1. The Labute approximate surface area is 152 Å². The van der Waals surface area contributed by atoms with Crippen molar-refractivity contribution < 1.29 is 8.42 Å². The van der Waals surface area contributed by atoms with E-state index in [9.17, 15) is 13.7 Å². The van der Waals surface area contributed by atoms with Crippen molar-refractivity contribution in [3.05, 3.63) is 64.2 Å². The van der Waals surface area contributed by atoms with Crippen LogP contribution in [0, 0.1) is 11.3 Å². The third kappa shape index (κ3) is 3.28. The molecule has 1 aliphatic rings. The summed E-state index contributed by atoms with van der Waals surface area (Å²) in [6, 6.07) is 14.3. The van der Waals surface area contributed by atoms with Gasteiger partial charge in [0, 0.05) is 16.9 Å². The van der Waals surface area contributed by atoms with Crippen LogP contribution in [-0.4, -0.2) is 8.42 Å². The van der Waals surface area contributed by atoms with Gasteiger partial charge in [-0.1, -0.05) is 37.1 Å². The minimum absolute atomic E-state index is 0.0889. The molecule has 1 aliphatic heterocycles. The summed E-state index contributed by atoms with van der Waals surface area (Å²) in [5.41, 5.74) is 2.46. The van der Waals surface area contributed by atoms with Gasteiger partial charge in [-0.3, -0.25) is 0 Å². The zero-order valence-corrected chi connectivity index (χ0v) is 15.3. The number of halogens is 1. The molecule has 0 spiro atoms. The van der Waals surface area contributed by atoms with Crippen molar-refractivity contribution in [2.75, 3.05) is 4.90 Å². The zero-order valence-electron chi connectivity index (χ0n) is 13.7. The summed E-state index contributed by atoms with van der Waals surface area (Å²) in [5, 5.41) is 9.70. The molecule has 0 atom stereocenters. The van der Waals surface area contributed by atoms with Crippen LogP contribution < -0.4 is 4.90 Å². The van der Waals surface area contributed by atoms with Gasteiger partial charge in [-0.2, -0.15) is 5.26 Å². The Morgan fingerprint density at radius 1 is 1.16 bits per heavy atom. The number of fused-ring (bicyclic) bond motifs is 1. The second kappa shape index (κ2) is 6.91. The molecule has 3 rings (SSSR count). The van der Waals surface area contributed by atoms with E-state index in [4.69, 9.17) is 11.6 Å². The average molecular weight is 373 g/mol. The number of nitrogens with zero attached hydrogens (tertiary/aromatic N) is 2. The zero-order chi connectivity index (χ0) is 18.0. The molecule has 4 nitrogen and oxygen atoms in total. The normalized spacial score (nSPS) is 15.2. The lowest BCUT2D eigenvalue weighted by Crippen LogP contribution is -2.21. The largest absolute Gasteiger partial charge is 0.314 e. The van der Waals surface area contributed by atoms with Crippen molar-refractivity contribution in [2.24, 2.45) is 0 Å². The van der Waals surface area contributed by atoms with Crippen molar-refractivity contribution in [3.63, 3.8) is 0 Å². The molecule has 0 aliphatic carbocycles. The first-order valence-corrected chi connectivity index (χ1v) is 9.88. The first-order chi connectivity index (χ1) is 12.0. The average Bonchev–Trinajstić information content (AvgIpc) is 2.60. The molecule has 2 aromatic rings. The molecule has 0 fully saturated rings. The van der Waals surface area contributed by atoms with Crippen LogP contribution in [-0.2, 0) is 16.3 Å². The van der Waals surface area contributed by atoms with Gasteiger partial charge < -0.3 is 4.90 Å². The number of unbranched alkanes of at least 4 members (excludes halogenated alkanes) is 1. The van der Waals surface area contributed by atoms with Gasteiger partial charge in [0.2, 0.25) is 9.84 Å². The molecule has 0 unspecified atom stereocenters. The highest BCUT2D eigenvalue weighted by molar-refractivity contribution is 7.95. The summed E-state index contributed by atoms with van der Waals surface area (Å²) in [4.78, 5) is 1.51. The molecule has 2 aromatic carbocycles. The number of aryl methyl sites for hydroxylation is 1. The number of benzene rings is 2. The molecule has 25 heavy (non-hydrogen) atoms. The fourth-order valence-electron chi connectivity index (χ4n) is 2.79.